The second-order valence-corrected chi connectivity index (χ2v) is 8.05. The van der Waals surface area contributed by atoms with Gasteiger partial charge in [0.2, 0.25) is 0 Å². The summed E-state index contributed by atoms with van der Waals surface area (Å²) < 4.78 is 22.5. The highest BCUT2D eigenvalue weighted by atomic mass is 16.5. The molecule has 5 heteroatoms. The van der Waals surface area contributed by atoms with Crippen LogP contribution >= 0.6 is 0 Å². The van der Waals surface area contributed by atoms with Crippen LogP contribution in [-0.2, 0) is 14.2 Å². The number of rotatable bonds is 18. The number of ether oxygens (including phenoxy) is 4. The van der Waals surface area contributed by atoms with Crippen molar-refractivity contribution in [2.75, 3.05) is 59.8 Å². The Balaban J connectivity index is 1.45. The second-order valence-electron chi connectivity index (χ2n) is 8.05. The van der Waals surface area contributed by atoms with Crippen molar-refractivity contribution in [2.45, 2.75) is 39.0 Å². The van der Waals surface area contributed by atoms with Crippen LogP contribution in [0.5, 0.6) is 5.75 Å². The van der Waals surface area contributed by atoms with E-state index in [1.165, 1.54) is 16.7 Å². The second kappa shape index (κ2) is 16.7. The van der Waals surface area contributed by atoms with Crippen molar-refractivity contribution in [1.29, 1.82) is 0 Å². The summed E-state index contributed by atoms with van der Waals surface area (Å²) in [5.74, 6) is 1.24. The number of hydrogen-bond acceptors (Lipinski definition) is 5. The molecule has 1 unspecified atom stereocenters. The average Bonchev–Trinajstić information content (AvgIpc) is 2.82. The van der Waals surface area contributed by atoms with Gasteiger partial charge in [-0.15, -0.1) is 0 Å². The molecule has 0 saturated heterocycles. The predicted molar refractivity (Wildman–Crippen MR) is 131 cm³/mol. The lowest BCUT2D eigenvalue weighted by Gasteiger charge is -2.14. The number of hydrogen-bond donors (Lipinski definition) is 1. The van der Waals surface area contributed by atoms with Crippen molar-refractivity contribution in [1.82, 2.24) is 5.32 Å². The maximum Gasteiger partial charge on any atom is 0.119 e. The fourth-order valence-electron chi connectivity index (χ4n) is 3.30. The third-order valence-electron chi connectivity index (χ3n) is 5.40. The summed E-state index contributed by atoms with van der Waals surface area (Å²) in [6, 6.07) is 17.1. The number of benzene rings is 2. The van der Waals surface area contributed by atoms with Crippen LogP contribution < -0.4 is 10.1 Å². The lowest BCUT2D eigenvalue weighted by atomic mass is 9.93. The summed E-state index contributed by atoms with van der Waals surface area (Å²) in [4.78, 5) is 0. The van der Waals surface area contributed by atoms with Gasteiger partial charge in [-0.3, -0.25) is 0 Å². The van der Waals surface area contributed by atoms with Crippen molar-refractivity contribution >= 4 is 0 Å². The molecule has 1 N–H and O–H groups in total. The van der Waals surface area contributed by atoms with Crippen LogP contribution in [0.1, 0.15) is 48.8 Å². The first-order chi connectivity index (χ1) is 15.7. The Morgan fingerprint density at radius 1 is 0.656 bits per heavy atom. The van der Waals surface area contributed by atoms with Gasteiger partial charge in [0.25, 0.3) is 0 Å². The molecule has 2 rings (SSSR count). The van der Waals surface area contributed by atoms with E-state index in [-0.39, 0.29) is 0 Å². The lowest BCUT2D eigenvalue weighted by molar-refractivity contribution is 0.0346. The minimum Gasteiger partial charge on any atom is -0.491 e. The van der Waals surface area contributed by atoms with Crippen molar-refractivity contribution in [3.05, 3.63) is 65.2 Å². The van der Waals surface area contributed by atoms with Crippen LogP contribution in [0.2, 0.25) is 0 Å². The van der Waals surface area contributed by atoms with Gasteiger partial charge < -0.3 is 24.3 Å². The van der Waals surface area contributed by atoms with Crippen molar-refractivity contribution < 1.29 is 18.9 Å². The lowest BCUT2D eigenvalue weighted by Crippen LogP contribution is -2.14. The summed E-state index contributed by atoms with van der Waals surface area (Å²) in [7, 11) is 1.93. The Hall–Kier alpha value is -1.92. The SMILES string of the molecule is CNCCOCCCCCOCCOCCOc1ccc(C(C)c2ccc(C)cc2)cc1. The average molecular weight is 444 g/mol. The minimum atomic E-state index is 0.365. The Kier molecular flexibility index (Phi) is 13.7. The van der Waals surface area contributed by atoms with Crippen molar-refractivity contribution in [3.8, 4) is 5.75 Å². The normalized spacial score (nSPS) is 12.1. The molecule has 0 heterocycles. The smallest absolute Gasteiger partial charge is 0.119 e. The molecule has 0 spiro atoms. The van der Waals surface area contributed by atoms with Crippen LogP contribution in [0.4, 0.5) is 0 Å². The quantitative estimate of drug-likeness (QED) is 0.330. The van der Waals surface area contributed by atoms with Crippen molar-refractivity contribution in [2.24, 2.45) is 0 Å². The van der Waals surface area contributed by atoms with E-state index in [9.17, 15) is 0 Å². The van der Waals surface area contributed by atoms with E-state index in [1.54, 1.807) is 0 Å². The molecular formula is C27H41NO4. The molecule has 0 fully saturated rings. The molecule has 1 atom stereocenters. The van der Waals surface area contributed by atoms with E-state index in [0.29, 0.717) is 32.3 Å². The molecule has 0 amide bonds. The molecule has 0 bridgehead atoms. The number of unbranched alkanes of at least 4 members (excludes halogenated alkanes) is 2. The molecule has 0 aliphatic heterocycles. The first-order valence-corrected chi connectivity index (χ1v) is 11.9. The van der Waals surface area contributed by atoms with E-state index < -0.39 is 0 Å². The fourth-order valence-corrected chi connectivity index (χ4v) is 3.30. The van der Waals surface area contributed by atoms with Gasteiger partial charge in [0, 0.05) is 25.7 Å². The van der Waals surface area contributed by atoms with Crippen LogP contribution in [-0.4, -0.2) is 59.8 Å². The summed E-state index contributed by atoms with van der Waals surface area (Å²) >= 11 is 0. The predicted octanol–water partition coefficient (Wildman–Crippen LogP) is 4.97. The van der Waals surface area contributed by atoms with Crippen molar-refractivity contribution in [3.63, 3.8) is 0 Å². The van der Waals surface area contributed by atoms with Gasteiger partial charge in [-0.2, -0.15) is 0 Å². The number of likely N-dealkylation sites (N-methyl/N-ethyl adjacent to an activating group) is 1. The van der Waals surface area contributed by atoms with Gasteiger partial charge in [0.05, 0.1) is 26.4 Å². The van der Waals surface area contributed by atoms with Crippen LogP contribution in [0.15, 0.2) is 48.5 Å². The summed E-state index contributed by atoms with van der Waals surface area (Å²) in [5.41, 5.74) is 3.90. The van der Waals surface area contributed by atoms with Gasteiger partial charge in [-0.05, 0) is 56.5 Å². The molecule has 0 aromatic heterocycles. The van der Waals surface area contributed by atoms with Gasteiger partial charge >= 0.3 is 0 Å². The van der Waals surface area contributed by atoms with Gasteiger partial charge in [0.1, 0.15) is 12.4 Å². The van der Waals surface area contributed by atoms with Crippen LogP contribution in [0, 0.1) is 6.92 Å². The maximum atomic E-state index is 5.79. The van der Waals surface area contributed by atoms with Gasteiger partial charge in [-0.25, -0.2) is 0 Å². The molecular weight excluding hydrogens is 402 g/mol. The van der Waals surface area contributed by atoms with E-state index in [0.717, 1.165) is 51.4 Å². The van der Waals surface area contributed by atoms with Crippen LogP contribution in [0.25, 0.3) is 0 Å². The number of aryl methyl sites for hydroxylation is 1. The first kappa shape index (κ1) is 26.3. The molecule has 0 aliphatic carbocycles. The minimum absolute atomic E-state index is 0.365. The zero-order valence-electron chi connectivity index (χ0n) is 20.1. The molecule has 32 heavy (non-hydrogen) atoms. The van der Waals surface area contributed by atoms with Crippen LogP contribution in [0.3, 0.4) is 0 Å². The molecule has 0 aliphatic rings. The molecule has 2 aromatic rings. The highest BCUT2D eigenvalue weighted by Crippen LogP contribution is 2.26. The Morgan fingerprint density at radius 3 is 1.81 bits per heavy atom. The molecule has 0 radical (unpaired) electrons. The van der Waals surface area contributed by atoms with E-state index in [2.05, 4.69) is 55.6 Å². The highest BCUT2D eigenvalue weighted by molar-refractivity contribution is 5.36. The standard InChI is InChI=1S/C27H41NO4/c1-23-7-9-25(10-8-23)24(2)26-11-13-27(14-12-26)32-22-21-31-20-19-30-17-6-4-5-16-29-18-15-28-3/h7-14,24,28H,4-6,15-22H2,1-3H3. The highest BCUT2D eigenvalue weighted by Gasteiger charge is 2.08. The Bertz CT molecular complexity index is 703. The molecule has 0 saturated carbocycles. The third-order valence-corrected chi connectivity index (χ3v) is 5.40. The van der Waals surface area contributed by atoms with Gasteiger partial charge in [0.15, 0.2) is 0 Å². The zero-order valence-corrected chi connectivity index (χ0v) is 20.1. The third kappa shape index (κ3) is 11.1. The Labute approximate surface area is 194 Å². The van der Waals surface area contributed by atoms with E-state index >= 15 is 0 Å². The molecule has 5 nitrogen and oxygen atoms in total. The van der Waals surface area contributed by atoms with E-state index in [4.69, 9.17) is 18.9 Å². The molecule has 2 aromatic carbocycles. The fraction of sp³-hybridized carbons (Fsp3) is 0.556. The van der Waals surface area contributed by atoms with Gasteiger partial charge in [-0.1, -0.05) is 48.9 Å². The number of nitrogens with one attached hydrogen (secondary N) is 1. The Morgan fingerprint density at radius 2 is 1.19 bits per heavy atom. The first-order valence-electron chi connectivity index (χ1n) is 11.9. The summed E-state index contributed by atoms with van der Waals surface area (Å²) in [6.45, 7) is 9.99. The molecule has 178 valence electrons. The van der Waals surface area contributed by atoms with E-state index in [1.807, 2.05) is 19.2 Å². The summed E-state index contributed by atoms with van der Waals surface area (Å²) in [5, 5.41) is 3.07. The largest absolute Gasteiger partial charge is 0.491 e. The maximum absolute atomic E-state index is 5.79. The zero-order chi connectivity index (χ0) is 22.9. The summed E-state index contributed by atoms with van der Waals surface area (Å²) in [6.07, 6.45) is 3.29. The monoisotopic (exact) mass is 443 g/mol. The topological polar surface area (TPSA) is 49.0 Å².